The molecule has 6 nitrogen and oxygen atoms in total. The first-order chi connectivity index (χ1) is 10.7. The third-order valence-electron chi connectivity index (χ3n) is 5.71. The number of hydrogen-bond acceptors (Lipinski definition) is 5. The number of amides is 1. The fraction of sp³-hybridized carbons (Fsp3) is 0.812. The average molecular weight is 304 g/mol. The van der Waals surface area contributed by atoms with Gasteiger partial charge in [0.15, 0.2) is 5.82 Å². The van der Waals surface area contributed by atoms with Crippen LogP contribution in [0, 0.1) is 18.3 Å². The highest BCUT2D eigenvalue weighted by Crippen LogP contribution is 2.59. The lowest BCUT2D eigenvalue weighted by Crippen LogP contribution is -2.41. The summed E-state index contributed by atoms with van der Waals surface area (Å²) in [5.41, 5.74) is 0.316. The predicted molar refractivity (Wildman–Crippen MR) is 80.2 cm³/mol. The minimum atomic E-state index is 0.210. The van der Waals surface area contributed by atoms with Gasteiger partial charge in [0.1, 0.15) is 0 Å². The van der Waals surface area contributed by atoms with Crippen LogP contribution in [0.15, 0.2) is 4.52 Å². The fourth-order valence-corrected chi connectivity index (χ4v) is 4.25. The summed E-state index contributed by atoms with van der Waals surface area (Å²) in [6, 6.07) is 0. The Kier molecular flexibility index (Phi) is 3.44. The van der Waals surface area contributed by atoms with Gasteiger partial charge in [0.2, 0.25) is 11.8 Å². The molecule has 4 rings (SSSR count). The van der Waals surface area contributed by atoms with Gasteiger partial charge >= 0.3 is 0 Å². The van der Waals surface area contributed by atoms with Gasteiger partial charge in [0, 0.05) is 19.0 Å². The number of likely N-dealkylation sites (tertiary alicyclic amines) is 1. The molecule has 2 aliphatic heterocycles. The molecule has 6 heteroatoms. The number of nitrogens with zero attached hydrogens (tertiary/aromatic N) is 3. The molecule has 0 bridgehead atoms. The summed E-state index contributed by atoms with van der Waals surface area (Å²) >= 11 is 0. The van der Waals surface area contributed by atoms with Crippen LogP contribution in [0.2, 0.25) is 0 Å². The van der Waals surface area contributed by atoms with E-state index in [0.717, 1.165) is 58.3 Å². The molecule has 0 radical (unpaired) electrons. The molecule has 1 aliphatic carbocycles. The van der Waals surface area contributed by atoms with Crippen molar-refractivity contribution in [3.8, 4) is 0 Å². The highest BCUT2D eigenvalue weighted by atomic mass is 16.5. The lowest BCUT2D eigenvalue weighted by Gasteiger charge is -2.32. The molecule has 3 aliphatic rings. The Balaban J connectivity index is 1.41. The van der Waals surface area contributed by atoms with Crippen molar-refractivity contribution in [1.82, 2.24) is 20.4 Å². The van der Waals surface area contributed by atoms with E-state index in [2.05, 4.69) is 20.4 Å². The lowest BCUT2D eigenvalue weighted by molar-refractivity contribution is -0.135. The number of nitrogens with one attached hydrogen (secondary N) is 1. The summed E-state index contributed by atoms with van der Waals surface area (Å²) in [7, 11) is 0. The third-order valence-corrected chi connectivity index (χ3v) is 5.71. The molecule has 0 aromatic carbocycles. The zero-order valence-electron chi connectivity index (χ0n) is 13.2. The van der Waals surface area contributed by atoms with Crippen LogP contribution in [0.1, 0.15) is 49.7 Å². The maximum atomic E-state index is 12.9. The van der Waals surface area contributed by atoms with Crippen molar-refractivity contribution in [2.75, 3.05) is 26.2 Å². The summed E-state index contributed by atoms with van der Waals surface area (Å²) in [4.78, 5) is 19.3. The van der Waals surface area contributed by atoms with Crippen molar-refractivity contribution in [2.45, 2.75) is 44.9 Å². The number of hydrogen-bond donors (Lipinski definition) is 1. The normalized spacial score (nSPS) is 30.5. The van der Waals surface area contributed by atoms with Gasteiger partial charge in [-0.3, -0.25) is 4.79 Å². The van der Waals surface area contributed by atoms with Crippen molar-refractivity contribution < 1.29 is 9.32 Å². The van der Waals surface area contributed by atoms with Crippen molar-refractivity contribution in [2.24, 2.45) is 11.3 Å². The van der Waals surface area contributed by atoms with Crippen molar-refractivity contribution in [1.29, 1.82) is 0 Å². The van der Waals surface area contributed by atoms with Crippen LogP contribution in [0.3, 0.4) is 0 Å². The second-order valence-corrected chi connectivity index (χ2v) is 7.17. The SMILES string of the molecule is Cc1noc(C2CCCN(C(=O)C3CC34CCNCC4)C2)n1. The maximum Gasteiger partial charge on any atom is 0.231 e. The third kappa shape index (κ3) is 2.43. The van der Waals surface area contributed by atoms with E-state index in [1.54, 1.807) is 0 Å². The molecule has 1 aromatic rings. The van der Waals surface area contributed by atoms with E-state index in [-0.39, 0.29) is 11.8 Å². The van der Waals surface area contributed by atoms with E-state index in [1.807, 2.05) is 6.92 Å². The molecule has 1 aromatic heterocycles. The number of piperidine rings is 2. The minimum Gasteiger partial charge on any atom is -0.342 e. The van der Waals surface area contributed by atoms with Crippen LogP contribution in [0.4, 0.5) is 0 Å². The highest BCUT2D eigenvalue weighted by molar-refractivity contribution is 5.83. The maximum absolute atomic E-state index is 12.9. The van der Waals surface area contributed by atoms with Crippen LogP contribution in [-0.4, -0.2) is 47.1 Å². The second-order valence-electron chi connectivity index (χ2n) is 7.17. The van der Waals surface area contributed by atoms with Gasteiger partial charge < -0.3 is 14.7 Å². The Bertz CT molecular complexity index is 564. The summed E-state index contributed by atoms with van der Waals surface area (Å²) in [5.74, 6) is 2.21. The number of aromatic nitrogens is 2. The molecule has 1 spiro atoms. The van der Waals surface area contributed by atoms with E-state index in [9.17, 15) is 4.79 Å². The predicted octanol–water partition coefficient (Wildman–Crippen LogP) is 1.47. The molecule has 1 saturated carbocycles. The molecule has 3 heterocycles. The Labute approximate surface area is 130 Å². The van der Waals surface area contributed by atoms with Crippen molar-refractivity contribution in [3.63, 3.8) is 0 Å². The first-order valence-corrected chi connectivity index (χ1v) is 8.48. The lowest BCUT2D eigenvalue weighted by atomic mass is 9.91. The molecule has 1 amide bonds. The minimum absolute atomic E-state index is 0.210. The van der Waals surface area contributed by atoms with Gasteiger partial charge in [-0.2, -0.15) is 4.98 Å². The molecular formula is C16H24N4O2. The molecule has 2 saturated heterocycles. The number of carbonyl (C=O) groups excluding carboxylic acids is 1. The van der Waals surface area contributed by atoms with Gasteiger partial charge in [-0.15, -0.1) is 0 Å². The summed E-state index contributed by atoms with van der Waals surface area (Å²) < 4.78 is 5.31. The molecule has 2 unspecified atom stereocenters. The van der Waals surface area contributed by atoms with E-state index < -0.39 is 0 Å². The first kappa shape index (κ1) is 14.2. The van der Waals surface area contributed by atoms with Gasteiger partial charge in [0.05, 0.1) is 5.92 Å². The van der Waals surface area contributed by atoms with E-state index in [0.29, 0.717) is 23.0 Å². The smallest absolute Gasteiger partial charge is 0.231 e. The van der Waals surface area contributed by atoms with Crippen LogP contribution in [0.5, 0.6) is 0 Å². The van der Waals surface area contributed by atoms with Gasteiger partial charge in [-0.1, -0.05) is 5.16 Å². The second kappa shape index (κ2) is 5.33. The van der Waals surface area contributed by atoms with Crippen LogP contribution in [-0.2, 0) is 4.79 Å². The van der Waals surface area contributed by atoms with Crippen LogP contribution in [0.25, 0.3) is 0 Å². The Morgan fingerprint density at radius 3 is 2.95 bits per heavy atom. The topological polar surface area (TPSA) is 71.3 Å². The van der Waals surface area contributed by atoms with Crippen LogP contribution >= 0.6 is 0 Å². The highest BCUT2D eigenvalue weighted by Gasteiger charge is 2.58. The monoisotopic (exact) mass is 304 g/mol. The number of aryl methyl sites for hydroxylation is 1. The van der Waals surface area contributed by atoms with Gasteiger partial charge in [-0.25, -0.2) is 0 Å². The molecule has 1 N–H and O–H groups in total. The van der Waals surface area contributed by atoms with Gasteiger partial charge in [-0.05, 0) is 57.5 Å². The Morgan fingerprint density at radius 2 is 2.23 bits per heavy atom. The first-order valence-electron chi connectivity index (χ1n) is 8.48. The number of carbonyl (C=O) groups is 1. The zero-order chi connectivity index (χ0) is 15.2. The van der Waals surface area contributed by atoms with Crippen molar-refractivity contribution >= 4 is 5.91 Å². The zero-order valence-corrected chi connectivity index (χ0v) is 13.2. The molecule has 2 atom stereocenters. The summed E-state index contributed by atoms with van der Waals surface area (Å²) in [5, 5.41) is 7.28. The quantitative estimate of drug-likeness (QED) is 0.896. The molecule has 120 valence electrons. The van der Waals surface area contributed by atoms with E-state index in [1.165, 1.54) is 0 Å². The Morgan fingerprint density at radius 1 is 1.41 bits per heavy atom. The molecular weight excluding hydrogens is 280 g/mol. The summed E-state index contributed by atoms with van der Waals surface area (Å²) in [6.45, 7) is 5.59. The van der Waals surface area contributed by atoms with E-state index in [4.69, 9.17) is 4.52 Å². The number of rotatable bonds is 2. The van der Waals surface area contributed by atoms with Crippen LogP contribution < -0.4 is 5.32 Å². The average Bonchev–Trinajstić information content (AvgIpc) is 3.04. The standard InChI is InChI=1S/C16H24N4O2/c1-11-18-14(22-19-11)12-3-2-8-20(10-12)15(21)13-9-16(13)4-6-17-7-5-16/h12-13,17H,2-10H2,1H3. The molecule has 3 fully saturated rings. The molecule has 22 heavy (non-hydrogen) atoms. The largest absolute Gasteiger partial charge is 0.342 e. The Hall–Kier alpha value is -1.43. The van der Waals surface area contributed by atoms with Gasteiger partial charge in [0.25, 0.3) is 0 Å². The van der Waals surface area contributed by atoms with E-state index >= 15 is 0 Å². The fourth-order valence-electron chi connectivity index (χ4n) is 4.25. The van der Waals surface area contributed by atoms with Crippen molar-refractivity contribution in [3.05, 3.63) is 11.7 Å². The summed E-state index contributed by atoms with van der Waals surface area (Å²) in [6.07, 6.45) is 5.46.